The number of benzene rings is 1. The summed E-state index contributed by atoms with van der Waals surface area (Å²) >= 11 is 0. The zero-order chi connectivity index (χ0) is 17.2. The summed E-state index contributed by atoms with van der Waals surface area (Å²) in [5.41, 5.74) is -0.280. The first-order valence-electron chi connectivity index (χ1n) is 7.57. The molecule has 1 fully saturated rings. The molecule has 0 unspecified atom stereocenters. The van der Waals surface area contributed by atoms with Gasteiger partial charge in [-0.15, -0.1) is 0 Å². The van der Waals surface area contributed by atoms with Gasteiger partial charge in [-0.2, -0.15) is 0 Å². The molecule has 1 atom stereocenters. The highest BCUT2D eigenvalue weighted by molar-refractivity contribution is 5.98. The van der Waals surface area contributed by atoms with Crippen LogP contribution in [0.1, 0.15) is 37.6 Å². The molecule has 1 aliphatic rings. The van der Waals surface area contributed by atoms with Gasteiger partial charge in [0.2, 0.25) is 0 Å². The average Bonchev–Trinajstić information content (AvgIpc) is 2.94. The monoisotopic (exact) mass is 323 g/mol. The van der Waals surface area contributed by atoms with Crippen molar-refractivity contribution in [2.45, 2.75) is 32.8 Å². The molecule has 2 rings (SSSR count). The van der Waals surface area contributed by atoms with Crippen LogP contribution in [0.15, 0.2) is 18.2 Å². The Morgan fingerprint density at radius 2 is 2.00 bits per heavy atom. The molecule has 1 aliphatic heterocycles. The van der Waals surface area contributed by atoms with E-state index in [0.717, 1.165) is 0 Å². The van der Waals surface area contributed by atoms with Crippen molar-refractivity contribution in [2.75, 3.05) is 20.2 Å². The van der Waals surface area contributed by atoms with Crippen LogP contribution in [0.2, 0.25) is 0 Å². The van der Waals surface area contributed by atoms with Crippen molar-refractivity contribution in [1.82, 2.24) is 4.90 Å². The maximum Gasteiger partial charge on any atom is 0.410 e. The Kier molecular flexibility index (Phi) is 4.92. The Morgan fingerprint density at radius 3 is 2.57 bits per heavy atom. The third-order valence-corrected chi connectivity index (χ3v) is 3.65. The lowest BCUT2D eigenvalue weighted by atomic mass is 9.97. The number of likely N-dealkylation sites (tertiary alicyclic amines) is 1. The van der Waals surface area contributed by atoms with Crippen molar-refractivity contribution in [1.29, 1.82) is 0 Å². The SMILES string of the molecule is COc1ccc(C(=O)[C@H]2CCN(C(=O)OC(C)(C)C)C2)cc1F. The van der Waals surface area contributed by atoms with Crippen molar-refractivity contribution in [3.63, 3.8) is 0 Å². The second kappa shape index (κ2) is 6.56. The highest BCUT2D eigenvalue weighted by Gasteiger charge is 2.34. The lowest BCUT2D eigenvalue weighted by Crippen LogP contribution is -2.35. The van der Waals surface area contributed by atoms with Gasteiger partial charge in [-0.3, -0.25) is 4.79 Å². The number of amides is 1. The van der Waals surface area contributed by atoms with Gasteiger partial charge >= 0.3 is 6.09 Å². The highest BCUT2D eigenvalue weighted by atomic mass is 19.1. The Bertz CT molecular complexity index is 609. The Balaban J connectivity index is 2.02. The van der Waals surface area contributed by atoms with Gasteiger partial charge in [0.25, 0.3) is 0 Å². The molecule has 23 heavy (non-hydrogen) atoms. The minimum Gasteiger partial charge on any atom is -0.494 e. The number of rotatable bonds is 3. The summed E-state index contributed by atoms with van der Waals surface area (Å²) in [5.74, 6) is -0.975. The van der Waals surface area contributed by atoms with E-state index in [1.54, 1.807) is 26.8 Å². The van der Waals surface area contributed by atoms with Crippen LogP contribution in [0.4, 0.5) is 9.18 Å². The molecular weight excluding hydrogens is 301 g/mol. The third-order valence-electron chi connectivity index (χ3n) is 3.65. The van der Waals surface area contributed by atoms with E-state index < -0.39 is 17.5 Å². The Hall–Kier alpha value is -2.11. The van der Waals surface area contributed by atoms with Gasteiger partial charge in [0.15, 0.2) is 17.3 Å². The first kappa shape index (κ1) is 17.2. The van der Waals surface area contributed by atoms with E-state index in [1.807, 2.05) is 0 Å². The molecule has 126 valence electrons. The number of Topliss-reactive ketones (excluding diaryl/α,β-unsaturated/α-hetero) is 1. The summed E-state index contributed by atoms with van der Waals surface area (Å²) in [6, 6.07) is 4.15. The van der Waals surface area contributed by atoms with E-state index in [2.05, 4.69) is 0 Å². The molecule has 5 nitrogen and oxygen atoms in total. The van der Waals surface area contributed by atoms with Gasteiger partial charge in [-0.05, 0) is 45.4 Å². The fourth-order valence-electron chi connectivity index (χ4n) is 2.52. The second-order valence-electron chi connectivity index (χ2n) is 6.63. The summed E-state index contributed by atoms with van der Waals surface area (Å²) < 4.78 is 23.9. The minimum atomic E-state index is -0.571. The van der Waals surface area contributed by atoms with Crippen molar-refractivity contribution < 1.29 is 23.5 Å². The Labute approximate surface area is 135 Å². The van der Waals surface area contributed by atoms with Crippen LogP contribution in [0.3, 0.4) is 0 Å². The molecular formula is C17H22FNO4. The molecule has 6 heteroatoms. The normalized spacial score (nSPS) is 18.0. The van der Waals surface area contributed by atoms with E-state index in [9.17, 15) is 14.0 Å². The molecule has 1 saturated heterocycles. The topological polar surface area (TPSA) is 55.8 Å². The number of hydrogen-bond acceptors (Lipinski definition) is 4. The molecule has 1 aromatic carbocycles. The number of methoxy groups -OCH3 is 1. The maximum absolute atomic E-state index is 13.7. The van der Waals surface area contributed by atoms with Gasteiger partial charge in [0.05, 0.1) is 7.11 Å². The fourth-order valence-corrected chi connectivity index (χ4v) is 2.52. The van der Waals surface area contributed by atoms with E-state index >= 15 is 0 Å². The van der Waals surface area contributed by atoms with E-state index in [0.29, 0.717) is 25.1 Å². The predicted molar refractivity (Wildman–Crippen MR) is 83.2 cm³/mol. The molecule has 1 amide bonds. The molecule has 0 spiro atoms. The number of ether oxygens (including phenoxy) is 2. The van der Waals surface area contributed by atoms with Gasteiger partial charge in [0, 0.05) is 24.6 Å². The smallest absolute Gasteiger partial charge is 0.410 e. The van der Waals surface area contributed by atoms with Crippen molar-refractivity contribution in [3.05, 3.63) is 29.6 Å². The zero-order valence-electron chi connectivity index (χ0n) is 13.9. The van der Waals surface area contributed by atoms with Gasteiger partial charge in [-0.25, -0.2) is 9.18 Å². The lowest BCUT2D eigenvalue weighted by Gasteiger charge is -2.24. The van der Waals surface area contributed by atoms with E-state index in [4.69, 9.17) is 9.47 Å². The summed E-state index contributed by atoms with van der Waals surface area (Å²) in [6.07, 6.45) is 0.125. The molecule has 0 radical (unpaired) electrons. The van der Waals surface area contributed by atoms with Crippen LogP contribution < -0.4 is 4.74 Å². The standard InChI is InChI=1S/C17H22FNO4/c1-17(2,3)23-16(21)19-8-7-12(10-19)15(20)11-5-6-14(22-4)13(18)9-11/h5-6,9,12H,7-8,10H2,1-4H3/t12-/m0/s1. The summed E-state index contributed by atoms with van der Waals surface area (Å²) in [7, 11) is 1.37. The summed E-state index contributed by atoms with van der Waals surface area (Å²) in [5, 5.41) is 0. The minimum absolute atomic E-state index is 0.100. The van der Waals surface area contributed by atoms with E-state index in [1.165, 1.54) is 24.1 Å². The van der Waals surface area contributed by atoms with Crippen LogP contribution in [-0.4, -0.2) is 42.6 Å². The Morgan fingerprint density at radius 1 is 1.30 bits per heavy atom. The van der Waals surface area contributed by atoms with Crippen molar-refractivity contribution in [2.24, 2.45) is 5.92 Å². The highest BCUT2D eigenvalue weighted by Crippen LogP contribution is 2.25. The molecule has 1 heterocycles. The van der Waals surface area contributed by atoms with Crippen LogP contribution in [0, 0.1) is 11.7 Å². The number of hydrogen-bond donors (Lipinski definition) is 0. The first-order chi connectivity index (χ1) is 10.7. The molecule has 0 aliphatic carbocycles. The van der Waals surface area contributed by atoms with Gasteiger partial charge < -0.3 is 14.4 Å². The first-order valence-corrected chi connectivity index (χ1v) is 7.57. The average molecular weight is 323 g/mol. The fraction of sp³-hybridized carbons (Fsp3) is 0.529. The summed E-state index contributed by atoms with van der Waals surface area (Å²) in [4.78, 5) is 26.0. The van der Waals surface area contributed by atoms with Crippen LogP contribution in [0.25, 0.3) is 0 Å². The molecule has 0 aromatic heterocycles. The lowest BCUT2D eigenvalue weighted by molar-refractivity contribution is 0.0289. The van der Waals surface area contributed by atoms with E-state index in [-0.39, 0.29) is 17.5 Å². The van der Waals surface area contributed by atoms with Gasteiger partial charge in [-0.1, -0.05) is 0 Å². The van der Waals surface area contributed by atoms with Crippen LogP contribution in [-0.2, 0) is 4.74 Å². The second-order valence-corrected chi connectivity index (χ2v) is 6.63. The third kappa shape index (κ3) is 4.21. The zero-order valence-corrected chi connectivity index (χ0v) is 13.9. The quantitative estimate of drug-likeness (QED) is 0.801. The number of halogens is 1. The number of nitrogens with zero attached hydrogens (tertiary/aromatic N) is 1. The molecule has 1 aromatic rings. The molecule has 0 bridgehead atoms. The molecule has 0 N–H and O–H groups in total. The maximum atomic E-state index is 13.7. The predicted octanol–water partition coefficient (Wildman–Crippen LogP) is 3.27. The van der Waals surface area contributed by atoms with Crippen LogP contribution in [0.5, 0.6) is 5.75 Å². The van der Waals surface area contributed by atoms with Gasteiger partial charge in [0.1, 0.15) is 5.60 Å². The van der Waals surface area contributed by atoms with Crippen molar-refractivity contribution >= 4 is 11.9 Å². The number of ketones is 1. The van der Waals surface area contributed by atoms with Crippen molar-refractivity contribution in [3.8, 4) is 5.75 Å². The molecule has 0 saturated carbocycles. The largest absolute Gasteiger partial charge is 0.494 e. The van der Waals surface area contributed by atoms with Crippen LogP contribution >= 0.6 is 0 Å². The number of carbonyl (C=O) groups is 2. The summed E-state index contributed by atoms with van der Waals surface area (Å²) in [6.45, 7) is 6.14. The number of carbonyl (C=O) groups excluding carboxylic acids is 2.